The van der Waals surface area contributed by atoms with Crippen LogP contribution in [0.1, 0.15) is 39.2 Å². The molecule has 27 heavy (non-hydrogen) atoms. The highest BCUT2D eigenvalue weighted by Crippen LogP contribution is 2.19. The van der Waals surface area contributed by atoms with Crippen LogP contribution < -0.4 is 10.6 Å². The molecule has 0 saturated carbocycles. The van der Waals surface area contributed by atoms with Gasteiger partial charge in [-0.15, -0.1) is 0 Å². The van der Waals surface area contributed by atoms with Gasteiger partial charge in [-0.05, 0) is 51.3 Å². The van der Waals surface area contributed by atoms with Gasteiger partial charge in [-0.1, -0.05) is 23.8 Å². The maximum Gasteiger partial charge on any atom is 0.237 e. The van der Waals surface area contributed by atoms with E-state index in [-0.39, 0.29) is 29.6 Å². The summed E-state index contributed by atoms with van der Waals surface area (Å²) in [6.45, 7) is 7.99. The lowest BCUT2D eigenvalue weighted by Gasteiger charge is -2.21. The van der Waals surface area contributed by atoms with Crippen LogP contribution in [0.4, 0.5) is 0 Å². The van der Waals surface area contributed by atoms with Crippen molar-refractivity contribution in [1.82, 2.24) is 15.5 Å². The zero-order valence-electron chi connectivity index (χ0n) is 16.5. The van der Waals surface area contributed by atoms with E-state index in [1.165, 1.54) is 5.57 Å². The lowest BCUT2D eigenvalue weighted by atomic mass is 10.1. The summed E-state index contributed by atoms with van der Waals surface area (Å²) in [4.78, 5) is 26.8. The molecule has 6 nitrogen and oxygen atoms in total. The molecule has 2 atom stereocenters. The Labute approximate surface area is 161 Å². The van der Waals surface area contributed by atoms with Gasteiger partial charge in [-0.2, -0.15) is 0 Å². The zero-order chi connectivity index (χ0) is 19.8. The molecule has 2 amide bonds. The Kier molecular flexibility index (Phi) is 7.85. The fourth-order valence-corrected chi connectivity index (χ4v) is 3.29. The Hall–Kier alpha value is -2.34. The van der Waals surface area contributed by atoms with Crippen molar-refractivity contribution >= 4 is 11.8 Å². The number of phenols is 1. The van der Waals surface area contributed by atoms with Crippen LogP contribution in [0.25, 0.3) is 0 Å². The van der Waals surface area contributed by atoms with E-state index in [4.69, 9.17) is 0 Å². The minimum Gasteiger partial charge on any atom is -0.508 e. The Morgan fingerprint density at radius 1 is 1.26 bits per heavy atom. The second-order valence-corrected chi connectivity index (χ2v) is 7.31. The maximum atomic E-state index is 12.4. The summed E-state index contributed by atoms with van der Waals surface area (Å²) in [5, 5.41) is 15.3. The Morgan fingerprint density at radius 2 is 1.96 bits per heavy atom. The molecular formula is C21H31N3O3. The highest BCUT2D eigenvalue weighted by atomic mass is 16.3. The standard InChI is InChI=1S/C21H31N3O3/c1-4-22-21(27)19-13-17(14-24(19)12-11-15(2)3)23-20(26)10-7-16-5-8-18(25)9-6-16/h5-6,8-9,11,17,19,25H,4,7,10,12-14H2,1-3H3,(H,22,27)(H,23,26)/t17-,19-/m0/s1. The average Bonchev–Trinajstić information content (AvgIpc) is 3.02. The van der Waals surface area contributed by atoms with E-state index >= 15 is 0 Å². The second kappa shape index (κ2) is 10.1. The number of aryl methyl sites for hydroxylation is 1. The van der Waals surface area contributed by atoms with Gasteiger partial charge >= 0.3 is 0 Å². The molecular weight excluding hydrogens is 342 g/mol. The van der Waals surface area contributed by atoms with Crippen molar-refractivity contribution in [3.63, 3.8) is 0 Å². The number of likely N-dealkylation sites (tertiary alicyclic amines) is 1. The lowest BCUT2D eigenvalue weighted by molar-refractivity contribution is -0.125. The third kappa shape index (κ3) is 6.71. The molecule has 1 saturated heterocycles. The molecule has 1 heterocycles. The van der Waals surface area contributed by atoms with Crippen LogP contribution in [0.5, 0.6) is 5.75 Å². The summed E-state index contributed by atoms with van der Waals surface area (Å²) < 4.78 is 0. The molecule has 6 heteroatoms. The van der Waals surface area contributed by atoms with E-state index in [1.807, 2.05) is 32.9 Å². The first-order valence-corrected chi connectivity index (χ1v) is 9.61. The number of carbonyl (C=O) groups is 2. The van der Waals surface area contributed by atoms with E-state index in [0.29, 0.717) is 38.9 Å². The summed E-state index contributed by atoms with van der Waals surface area (Å²) >= 11 is 0. The molecule has 148 valence electrons. The van der Waals surface area contributed by atoms with Gasteiger partial charge in [0.2, 0.25) is 11.8 Å². The molecule has 0 radical (unpaired) electrons. The number of carbonyl (C=O) groups excluding carboxylic acids is 2. The summed E-state index contributed by atoms with van der Waals surface area (Å²) in [6.07, 6.45) is 3.76. The topological polar surface area (TPSA) is 81.7 Å². The van der Waals surface area contributed by atoms with Crippen LogP contribution in [-0.4, -0.2) is 53.5 Å². The zero-order valence-corrected chi connectivity index (χ0v) is 16.5. The number of benzene rings is 1. The summed E-state index contributed by atoms with van der Waals surface area (Å²) in [7, 11) is 0. The highest BCUT2D eigenvalue weighted by Gasteiger charge is 2.36. The van der Waals surface area contributed by atoms with Gasteiger partial charge < -0.3 is 15.7 Å². The van der Waals surface area contributed by atoms with Crippen molar-refractivity contribution in [2.75, 3.05) is 19.6 Å². The van der Waals surface area contributed by atoms with Crippen molar-refractivity contribution in [1.29, 1.82) is 0 Å². The highest BCUT2D eigenvalue weighted by molar-refractivity contribution is 5.82. The molecule has 0 aliphatic carbocycles. The van der Waals surface area contributed by atoms with Crippen LogP contribution >= 0.6 is 0 Å². The van der Waals surface area contributed by atoms with Crippen molar-refractivity contribution in [3.05, 3.63) is 41.5 Å². The number of phenolic OH excluding ortho intramolecular Hbond substituents is 1. The smallest absolute Gasteiger partial charge is 0.237 e. The Morgan fingerprint density at radius 3 is 2.59 bits per heavy atom. The van der Waals surface area contributed by atoms with Crippen LogP contribution in [0.3, 0.4) is 0 Å². The summed E-state index contributed by atoms with van der Waals surface area (Å²) in [5.74, 6) is 0.245. The molecule has 1 fully saturated rings. The summed E-state index contributed by atoms with van der Waals surface area (Å²) in [5.41, 5.74) is 2.23. The molecule has 2 rings (SSSR count). The van der Waals surface area contributed by atoms with E-state index in [9.17, 15) is 14.7 Å². The van der Waals surface area contributed by atoms with E-state index in [1.54, 1.807) is 12.1 Å². The van der Waals surface area contributed by atoms with Crippen molar-refractivity contribution in [2.24, 2.45) is 0 Å². The van der Waals surface area contributed by atoms with Gasteiger partial charge in [-0.3, -0.25) is 14.5 Å². The minimum absolute atomic E-state index is 0.00760. The number of allylic oxidation sites excluding steroid dienone is 1. The van der Waals surface area contributed by atoms with E-state index < -0.39 is 0 Å². The van der Waals surface area contributed by atoms with Gasteiger partial charge in [0.05, 0.1) is 6.04 Å². The Bertz CT molecular complexity index is 666. The molecule has 1 aromatic carbocycles. The van der Waals surface area contributed by atoms with Crippen LogP contribution in [0.2, 0.25) is 0 Å². The molecule has 0 unspecified atom stereocenters. The fraction of sp³-hybridized carbons (Fsp3) is 0.524. The first kappa shape index (κ1) is 21.0. The van der Waals surface area contributed by atoms with Crippen molar-refractivity contribution in [3.8, 4) is 5.75 Å². The number of nitrogens with zero attached hydrogens (tertiary/aromatic N) is 1. The van der Waals surface area contributed by atoms with Crippen molar-refractivity contribution in [2.45, 2.75) is 52.1 Å². The average molecular weight is 373 g/mol. The van der Waals surface area contributed by atoms with Gasteiger partial charge in [0.1, 0.15) is 5.75 Å². The maximum absolute atomic E-state index is 12.4. The van der Waals surface area contributed by atoms with Crippen molar-refractivity contribution < 1.29 is 14.7 Å². The van der Waals surface area contributed by atoms with Crippen LogP contribution in [-0.2, 0) is 16.0 Å². The number of nitrogens with one attached hydrogen (secondary N) is 2. The number of hydrogen-bond donors (Lipinski definition) is 3. The lowest BCUT2D eigenvalue weighted by Crippen LogP contribution is -2.43. The number of hydrogen-bond acceptors (Lipinski definition) is 4. The molecule has 1 aromatic rings. The van der Waals surface area contributed by atoms with Gasteiger partial charge in [0.15, 0.2) is 0 Å². The molecule has 0 aromatic heterocycles. The fourth-order valence-electron chi connectivity index (χ4n) is 3.29. The predicted octanol–water partition coefficient (Wildman–Crippen LogP) is 1.99. The SMILES string of the molecule is CCNC(=O)[C@@H]1C[C@H](NC(=O)CCc2ccc(O)cc2)CN1CC=C(C)C. The molecule has 1 aliphatic rings. The molecule has 0 bridgehead atoms. The number of aromatic hydroxyl groups is 1. The Balaban J connectivity index is 1.89. The van der Waals surface area contributed by atoms with Gasteiger partial charge in [0.25, 0.3) is 0 Å². The quantitative estimate of drug-likeness (QED) is 0.609. The number of amides is 2. The number of rotatable bonds is 8. The van der Waals surface area contributed by atoms with Gasteiger partial charge in [-0.25, -0.2) is 0 Å². The second-order valence-electron chi connectivity index (χ2n) is 7.31. The third-order valence-electron chi connectivity index (χ3n) is 4.73. The minimum atomic E-state index is -0.206. The predicted molar refractivity (Wildman–Crippen MR) is 106 cm³/mol. The van der Waals surface area contributed by atoms with E-state index in [0.717, 1.165) is 5.56 Å². The molecule has 3 N–H and O–H groups in total. The van der Waals surface area contributed by atoms with Crippen LogP contribution in [0, 0.1) is 0 Å². The first-order valence-electron chi connectivity index (χ1n) is 9.61. The summed E-state index contributed by atoms with van der Waals surface area (Å²) in [6, 6.07) is 6.68. The third-order valence-corrected chi connectivity index (χ3v) is 4.73. The first-order chi connectivity index (χ1) is 12.9. The largest absolute Gasteiger partial charge is 0.508 e. The monoisotopic (exact) mass is 373 g/mol. The molecule has 0 spiro atoms. The van der Waals surface area contributed by atoms with Gasteiger partial charge in [0, 0.05) is 32.1 Å². The normalized spacial score (nSPS) is 19.5. The van der Waals surface area contributed by atoms with E-state index in [2.05, 4.69) is 21.6 Å². The number of likely N-dealkylation sites (N-methyl/N-ethyl adjacent to an activating group) is 1. The van der Waals surface area contributed by atoms with Crippen LogP contribution in [0.15, 0.2) is 35.9 Å². The molecule has 1 aliphatic heterocycles.